The van der Waals surface area contributed by atoms with Crippen molar-refractivity contribution in [3.8, 4) is 0 Å². The minimum atomic E-state index is 0.826. The van der Waals surface area contributed by atoms with Gasteiger partial charge in [0.05, 0.1) is 0 Å². The molecule has 0 aromatic rings. The van der Waals surface area contributed by atoms with Gasteiger partial charge < -0.3 is 0 Å². The molecule has 0 saturated heterocycles. The predicted octanol–water partition coefficient (Wildman–Crippen LogP) is 6.55. The summed E-state index contributed by atoms with van der Waals surface area (Å²) in [6.45, 7) is 16.8. The zero-order valence-corrected chi connectivity index (χ0v) is 14.1. The Morgan fingerprint density at radius 1 is 0.778 bits per heavy atom. The molecule has 0 saturated carbocycles. The molecule has 0 aliphatic carbocycles. The molecule has 110 valence electrons. The van der Waals surface area contributed by atoms with E-state index < -0.39 is 0 Å². The second-order valence-electron chi connectivity index (χ2n) is 6.96. The zero-order valence-electron chi connectivity index (χ0n) is 14.1. The number of hydrogen-bond acceptors (Lipinski definition) is 0. The van der Waals surface area contributed by atoms with Crippen LogP contribution in [0.25, 0.3) is 0 Å². The van der Waals surface area contributed by atoms with Crippen molar-refractivity contribution in [2.45, 2.75) is 87.0 Å². The van der Waals surface area contributed by atoms with Crippen LogP contribution in [0.1, 0.15) is 87.0 Å². The van der Waals surface area contributed by atoms with Crippen LogP contribution in [-0.2, 0) is 0 Å². The van der Waals surface area contributed by atoms with Gasteiger partial charge in [-0.25, -0.2) is 0 Å². The molecule has 0 aliphatic heterocycles. The van der Waals surface area contributed by atoms with E-state index in [0.29, 0.717) is 0 Å². The first kappa shape index (κ1) is 18.0. The van der Waals surface area contributed by atoms with Gasteiger partial charge in [-0.3, -0.25) is 0 Å². The van der Waals surface area contributed by atoms with E-state index in [1.165, 1.54) is 38.5 Å². The Hall–Kier alpha value is 0. The van der Waals surface area contributed by atoms with E-state index in [1.54, 1.807) is 0 Å². The summed E-state index contributed by atoms with van der Waals surface area (Å²) in [4.78, 5) is 0. The molecule has 0 fully saturated rings. The van der Waals surface area contributed by atoms with Gasteiger partial charge in [0.2, 0.25) is 0 Å². The third-order valence-electron chi connectivity index (χ3n) is 5.20. The summed E-state index contributed by atoms with van der Waals surface area (Å²) >= 11 is 0. The van der Waals surface area contributed by atoms with Crippen molar-refractivity contribution >= 4 is 0 Å². The van der Waals surface area contributed by atoms with Crippen LogP contribution in [0, 0.1) is 29.6 Å². The molecular weight excluding hydrogens is 216 g/mol. The molecule has 0 heterocycles. The standard InChI is InChI=1S/C18H38/c1-8-10-11-12-18(9-2)16(6)13-15(5)17(7)14(3)4/h14-18H,8-13H2,1-7H3. The van der Waals surface area contributed by atoms with E-state index in [0.717, 1.165) is 29.6 Å². The predicted molar refractivity (Wildman–Crippen MR) is 84.9 cm³/mol. The maximum absolute atomic E-state index is 2.49. The normalized spacial score (nSPS) is 18.7. The van der Waals surface area contributed by atoms with Crippen LogP contribution in [0.4, 0.5) is 0 Å². The molecule has 4 unspecified atom stereocenters. The third-order valence-corrected chi connectivity index (χ3v) is 5.20. The average Bonchev–Trinajstić information content (AvgIpc) is 2.33. The molecule has 0 N–H and O–H groups in total. The fourth-order valence-corrected chi connectivity index (χ4v) is 3.20. The molecule has 4 atom stereocenters. The van der Waals surface area contributed by atoms with Crippen molar-refractivity contribution in [1.82, 2.24) is 0 Å². The van der Waals surface area contributed by atoms with Crippen molar-refractivity contribution in [3.05, 3.63) is 0 Å². The highest BCUT2D eigenvalue weighted by molar-refractivity contribution is 4.72. The molecule has 0 spiro atoms. The van der Waals surface area contributed by atoms with Gasteiger partial charge in [0.1, 0.15) is 0 Å². The van der Waals surface area contributed by atoms with E-state index in [9.17, 15) is 0 Å². The van der Waals surface area contributed by atoms with E-state index in [-0.39, 0.29) is 0 Å². The summed E-state index contributed by atoms with van der Waals surface area (Å²) in [7, 11) is 0. The Morgan fingerprint density at radius 3 is 1.83 bits per heavy atom. The lowest BCUT2D eigenvalue weighted by Crippen LogP contribution is -2.20. The van der Waals surface area contributed by atoms with Crippen LogP contribution >= 0.6 is 0 Å². The van der Waals surface area contributed by atoms with Crippen LogP contribution in [0.3, 0.4) is 0 Å². The van der Waals surface area contributed by atoms with Crippen LogP contribution in [0.15, 0.2) is 0 Å². The summed E-state index contributed by atoms with van der Waals surface area (Å²) in [6.07, 6.45) is 8.45. The van der Waals surface area contributed by atoms with Gasteiger partial charge in [0.15, 0.2) is 0 Å². The maximum atomic E-state index is 2.49. The minimum Gasteiger partial charge on any atom is -0.0654 e. The molecular formula is C18H38. The highest BCUT2D eigenvalue weighted by Gasteiger charge is 2.22. The quantitative estimate of drug-likeness (QED) is 0.388. The molecule has 0 aliphatic rings. The molecule has 0 aromatic carbocycles. The topological polar surface area (TPSA) is 0 Å². The van der Waals surface area contributed by atoms with Gasteiger partial charge in [-0.1, -0.05) is 80.6 Å². The first-order valence-electron chi connectivity index (χ1n) is 8.43. The van der Waals surface area contributed by atoms with E-state index in [1.807, 2.05) is 0 Å². The van der Waals surface area contributed by atoms with Gasteiger partial charge in [0.25, 0.3) is 0 Å². The van der Waals surface area contributed by atoms with Crippen LogP contribution in [0.5, 0.6) is 0 Å². The number of unbranched alkanes of at least 4 members (excludes halogenated alkanes) is 2. The van der Waals surface area contributed by atoms with E-state index in [2.05, 4.69) is 48.5 Å². The summed E-state index contributed by atoms with van der Waals surface area (Å²) in [5.41, 5.74) is 0. The highest BCUT2D eigenvalue weighted by Crippen LogP contribution is 2.32. The zero-order chi connectivity index (χ0) is 14.1. The van der Waals surface area contributed by atoms with Crippen LogP contribution in [-0.4, -0.2) is 0 Å². The van der Waals surface area contributed by atoms with Gasteiger partial charge in [0, 0.05) is 0 Å². The lowest BCUT2D eigenvalue weighted by Gasteiger charge is -2.30. The van der Waals surface area contributed by atoms with Gasteiger partial charge in [-0.05, 0) is 36.0 Å². The molecule has 18 heavy (non-hydrogen) atoms. The Balaban J connectivity index is 4.13. The van der Waals surface area contributed by atoms with Crippen LogP contribution in [0.2, 0.25) is 0 Å². The molecule has 0 bridgehead atoms. The largest absolute Gasteiger partial charge is 0.0654 e. The van der Waals surface area contributed by atoms with E-state index in [4.69, 9.17) is 0 Å². The van der Waals surface area contributed by atoms with Crippen molar-refractivity contribution in [2.75, 3.05) is 0 Å². The second kappa shape index (κ2) is 9.87. The molecule has 0 rings (SSSR count). The fourth-order valence-electron chi connectivity index (χ4n) is 3.20. The van der Waals surface area contributed by atoms with Crippen molar-refractivity contribution < 1.29 is 0 Å². The molecule has 0 nitrogen and oxygen atoms in total. The lowest BCUT2D eigenvalue weighted by molar-refractivity contribution is 0.206. The SMILES string of the molecule is CCCCCC(CC)C(C)CC(C)C(C)C(C)C. The first-order chi connectivity index (χ1) is 8.43. The fraction of sp³-hybridized carbons (Fsp3) is 1.00. The van der Waals surface area contributed by atoms with Crippen molar-refractivity contribution in [1.29, 1.82) is 0 Å². The Bertz CT molecular complexity index is 182. The molecule has 0 aromatic heterocycles. The first-order valence-corrected chi connectivity index (χ1v) is 8.43. The summed E-state index contributed by atoms with van der Waals surface area (Å²) in [6, 6.07) is 0. The third kappa shape index (κ3) is 6.81. The monoisotopic (exact) mass is 254 g/mol. The Labute approximate surface area is 117 Å². The van der Waals surface area contributed by atoms with Gasteiger partial charge in [-0.15, -0.1) is 0 Å². The summed E-state index contributed by atoms with van der Waals surface area (Å²) < 4.78 is 0. The number of hydrogen-bond donors (Lipinski definition) is 0. The Kier molecular flexibility index (Phi) is 9.87. The van der Waals surface area contributed by atoms with Gasteiger partial charge in [-0.2, -0.15) is 0 Å². The highest BCUT2D eigenvalue weighted by atomic mass is 14.3. The van der Waals surface area contributed by atoms with E-state index >= 15 is 0 Å². The number of rotatable bonds is 10. The molecule has 0 heteroatoms. The maximum Gasteiger partial charge on any atom is -0.0391 e. The minimum absolute atomic E-state index is 0.826. The summed E-state index contributed by atoms with van der Waals surface area (Å²) in [5.74, 6) is 4.43. The molecule has 0 amide bonds. The smallest absolute Gasteiger partial charge is 0.0391 e. The lowest BCUT2D eigenvalue weighted by atomic mass is 9.76. The van der Waals surface area contributed by atoms with Crippen LogP contribution < -0.4 is 0 Å². The second-order valence-corrected chi connectivity index (χ2v) is 6.96. The summed E-state index contributed by atoms with van der Waals surface area (Å²) in [5, 5.41) is 0. The molecule has 0 radical (unpaired) electrons. The van der Waals surface area contributed by atoms with Gasteiger partial charge >= 0.3 is 0 Å². The Morgan fingerprint density at radius 2 is 1.39 bits per heavy atom. The van der Waals surface area contributed by atoms with Crippen molar-refractivity contribution in [2.24, 2.45) is 29.6 Å². The van der Waals surface area contributed by atoms with Crippen molar-refractivity contribution in [3.63, 3.8) is 0 Å². The average molecular weight is 255 g/mol.